The summed E-state index contributed by atoms with van der Waals surface area (Å²) >= 11 is 0. The average molecular weight is 477 g/mol. The number of piperazine rings is 1. The summed E-state index contributed by atoms with van der Waals surface area (Å²) in [7, 11) is 19.0. The van der Waals surface area contributed by atoms with Crippen molar-refractivity contribution in [2.24, 2.45) is 0 Å². The molecular formula is C25H23B3FN5O2. The standard InChI is InChI=1S/C25H23B3FN5O2/c1-13(2)34-21-16(23(35)19-15-5-4-14(12-30)10-17(15)31-24(19)34)11-18(36-3)22(20(21)29)32-6-8-33(9-7-32)25(26,27)28/h4-5,10-11,13,31H,6-9H2,1-3H3. The fourth-order valence-electron chi connectivity index (χ4n) is 5.21. The van der Waals surface area contributed by atoms with E-state index < -0.39 is 11.1 Å². The molecule has 3 heterocycles. The molecule has 0 amide bonds. The predicted molar refractivity (Wildman–Crippen MR) is 143 cm³/mol. The van der Waals surface area contributed by atoms with Crippen LogP contribution in [-0.2, 0) is 0 Å². The minimum Gasteiger partial charge on any atom is -0.494 e. The van der Waals surface area contributed by atoms with Crippen molar-refractivity contribution >= 4 is 62.1 Å². The van der Waals surface area contributed by atoms with Crippen molar-refractivity contribution in [3.8, 4) is 11.8 Å². The zero-order valence-corrected chi connectivity index (χ0v) is 20.4. The van der Waals surface area contributed by atoms with Crippen molar-refractivity contribution in [1.29, 1.82) is 5.26 Å². The maximum Gasteiger partial charge on any atom is 0.199 e. The highest BCUT2D eigenvalue weighted by Gasteiger charge is 2.30. The van der Waals surface area contributed by atoms with Gasteiger partial charge in [0.15, 0.2) is 11.2 Å². The Morgan fingerprint density at radius 1 is 1.14 bits per heavy atom. The minimum absolute atomic E-state index is 0.181. The minimum atomic E-state index is -1.46. The number of halogens is 1. The van der Waals surface area contributed by atoms with Gasteiger partial charge in [-0.3, -0.25) is 4.79 Å². The number of anilines is 1. The second kappa shape index (κ2) is 8.63. The summed E-state index contributed by atoms with van der Waals surface area (Å²) in [5, 5.41) is 9.21. The van der Waals surface area contributed by atoms with Gasteiger partial charge in [-0.2, -0.15) is 5.26 Å². The molecule has 1 N–H and O–H groups in total. The molecule has 0 spiro atoms. The van der Waals surface area contributed by atoms with Crippen LogP contribution in [0.25, 0.3) is 32.8 Å². The van der Waals surface area contributed by atoms with Gasteiger partial charge in [-0.25, -0.2) is 4.39 Å². The molecular weight excluding hydrogens is 454 g/mol. The molecule has 6 radical (unpaired) electrons. The van der Waals surface area contributed by atoms with E-state index in [0.29, 0.717) is 53.7 Å². The van der Waals surface area contributed by atoms with E-state index in [2.05, 4.69) is 11.1 Å². The fourth-order valence-corrected chi connectivity index (χ4v) is 5.21. The summed E-state index contributed by atoms with van der Waals surface area (Å²) < 4.78 is 23.9. The number of hydrogen-bond acceptors (Lipinski definition) is 5. The number of nitriles is 1. The number of benzene rings is 2. The molecule has 2 aromatic heterocycles. The number of H-pyrrole nitrogens is 1. The quantitative estimate of drug-likeness (QED) is 0.458. The predicted octanol–water partition coefficient (Wildman–Crippen LogP) is 2.48. The third-order valence-corrected chi connectivity index (χ3v) is 6.92. The molecule has 0 unspecified atom stereocenters. The summed E-state index contributed by atoms with van der Waals surface area (Å²) in [5.74, 6) is -0.271. The van der Waals surface area contributed by atoms with Crippen LogP contribution in [0.4, 0.5) is 10.1 Å². The molecule has 0 bridgehead atoms. The molecule has 0 saturated carbocycles. The van der Waals surface area contributed by atoms with E-state index in [1.165, 1.54) is 7.11 Å². The van der Waals surface area contributed by atoms with Gasteiger partial charge in [-0.05, 0) is 32.0 Å². The maximum atomic E-state index is 16.5. The highest BCUT2D eigenvalue weighted by molar-refractivity contribution is 6.59. The largest absolute Gasteiger partial charge is 0.494 e. The van der Waals surface area contributed by atoms with Crippen LogP contribution >= 0.6 is 0 Å². The van der Waals surface area contributed by atoms with E-state index >= 15 is 4.39 Å². The first-order valence-corrected chi connectivity index (χ1v) is 11.7. The molecule has 2 aromatic carbocycles. The number of pyridine rings is 1. The SMILES string of the molecule is [B]C([B])([B])N1CCN(c2c(OC)cc3c(=O)c4c5ccc(C#N)cc5[nH]c4n(C(C)C)c3c2F)CC1. The Balaban J connectivity index is 1.80. The van der Waals surface area contributed by atoms with E-state index in [1.54, 1.807) is 33.7 Å². The van der Waals surface area contributed by atoms with Crippen LogP contribution < -0.4 is 15.1 Å². The number of ether oxygens (including phenoxy) is 1. The van der Waals surface area contributed by atoms with Crippen LogP contribution in [-0.4, -0.2) is 76.5 Å². The Morgan fingerprint density at radius 3 is 2.42 bits per heavy atom. The lowest BCUT2D eigenvalue weighted by atomic mass is 9.48. The first-order chi connectivity index (χ1) is 17.1. The number of nitrogens with one attached hydrogen (secondary N) is 1. The lowest BCUT2D eigenvalue weighted by molar-refractivity contribution is 0.255. The topological polar surface area (TPSA) is 77.3 Å². The normalized spacial score (nSPS) is 15.3. The Morgan fingerprint density at radius 2 is 1.83 bits per heavy atom. The molecule has 1 aliphatic heterocycles. The van der Waals surface area contributed by atoms with Crippen LogP contribution in [0.15, 0.2) is 29.1 Å². The zero-order chi connectivity index (χ0) is 25.9. The van der Waals surface area contributed by atoms with Crippen LogP contribution in [0.1, 0.15) is 25.5 Å². The zero-order valence-electron chi connectivity index (χ0n) is 20.4. The number of aromatic nitrogens is 2. The molecule has 36 heavy (non-hydrogen) atoms. The summed E-state index contributed by atoms with van der Waals surface area (Å²) in [6, 6.07) is 8.66. The molecule has 4 aromatic rings. The van der Waals surface area contributed by atoms with Gasteiger partial charge in [0, 0.05) is 43.1 Å². The molecule has 0 atom stereocenters. The number of methoxy groups -OCH3 is 1. The highest BCUT2D eigenvalue weighted by atomic mass is 19.1. The first kappa shape index (κ1) is 24.3. The van der Waals surface area contributed by atoms with E-state index in [0.717, 1.165) is 0 Å². The van der Waals surface area contributed by atoms with Crippen molar-refractivity contribution in [1.82, 2.24) is 14.5 Å². The fraction of sp³-hybridized carbons (Fsp3) is 0.360. The second-order valence-corrected chi connectivity index (χ2v) is 9.51. The number of rotatable bonds is 4. The van der Waals surface area contributed by atoms with Gasteiger partial charge in [0.2, 0.25) is 0 Å². The van der Waals surface area contributed by atoms with Crippen molar-refractivity contribution in [2.45, 2.75) is 25.1 Å². The van der Waals surface area contributed by atoms with E-state index in [-0.39, 0.29) is 33.8 Å². The third kappa shape index (κ3) is 3.67. The first-order valence-electron chi connectivity index (χ1n) is 11.7. The number of fused-ring (bicyclic) bond motifs is 4. The van der Waals surface area contributed by atoms with Gasteiger partial charge >= 0.3 is 0 Å². The van der Waals surface area contributed by atoms with Crippen molar-refractivity contribution in [3.05, 3.63) is 45.9 Å². The summed E-state index contributed by atoms with van der Waals surface area (Å²) in [6.45, 7) is 5.57. The van der Waals surface area contributed by atoms with Crippen molar-refractivity contribution in [3.63, 3.8) is 0 Å². The lowest BCUT2D eigenvalue weighted by Crippen LogP contribution is -2.58. The number of hydrogen-bond donors (Lipinski definition) is 1. The van der Waals surface area contributed by atoms with Gasteiger partial charge in [0.25, 0.3) is 0 Å². The van der Waals surface area contributed by atoms with Gasteiger partial charge in [0.1, 0.15) is 17.1 Å². The van der Waals surface area contributed by atoms with Gasteiger partial charge in [0.05, 0.1) is 58.6 Å². The molecule has 0 aliphatic carbocycles. The molecule has 5 rings (SSSR count). The second-order valence-electron chi connectivity index (χ2n) is 9.51. The van der Waals surface area contributed by atoms with Gasteiger partial charge in [-0.15, -0.1) is 0 Å². The molecule has 1 aliphatic rings. The number of aromatic amines is 1. The summed E-state index contributed by atoms with van der Waals surface area (Å²) in [5.41, 5.74) is 1.78. The lowest BCUT2D eigenvalue weighted by Gasteiger charge is -2.44. The molecule has 1 fully saturated rings. The Kier molecular flexibility index (Phi) is 5.83. The van der Waals surface area contributed by atoms with Crippen LogP contribution in [0, 0.1) is 17.1 Å². The number of nitrogens with zero attached hydrogens (tertiary/aromatic N) is 4. The Labute approximate surface area is 212 Å². The third-order valence-electron chi connectivity index (χ3n) is 6.92. The smallest absolute Gasteiger partial charge is 0.199 e. The maximum absolute atomic E-state index is 16.5. The molecule has 176 valence electrons. The summed E-state index contributed by atoms with van der Waals surface area (Å²) in [4.78, 5) is 20.6. The van der Waals surface area contributed by atoms with Crippen LogP contribution in [0.3, 0.4) is 0 Å². The molecule has 11 heteroatoms. The highest BCUT2D eigenvalue weighted by Crippen LogP contribution is 2.39. The Bertz CT molecular complexity index is 1610. The van der Waals surface area contributed by atoms with Crippen molar-refractivity contribution in [2.75, 3.05) is 38.2 Å². The molecule has 1 saturated heterocycles. The average Bonchev–Trinajstić information content (AvgIpc) is 3.22. The summed E-state index contributed by atoms with van der Waals surface area (Å²) in [6.07, 6.45) is 0. The van der Waals surface area contributed by atoms with E-state index in [9.17, 15) is 10.1 Å². The van der Waals surface area contributed by atoms with Crippen LogP contribution in [0.2, 0.25) is 0 Å². The van der Waals surface area contributed by atoms with E-state index in [1.807, 2.05) is 18.7 Å². The van der Waals surface area contributed by atoms with Crippen LogP contribution in [0.5, 0.6) is 5.75 Å². The monoisotopic (exact) mass is 477 g/mol. The van der Waals surface area contributed by atoms with Crippen molar-refractivity contribution < 1.29 is 9.13 Å². The van der Waals surface area contributed by atoms with Gasteiger partial charge < -0.3 is 24.1 Å². The molecule has 7 nitrogen and oxygen atoms in total. The Hall–Kier alpha value is -3.38. The van der Waals surface area contributed by atoms with E-state index in [4.69, 9.17) is 28.3 Å². The van der Waals surface area contributed by atoms with Gasteiger partial charge in [-0.1, -0.05) is 11.3 Å².